The van der Waals surface area contributed by atoms with Gasteiger partial charge in [0.05, 0.1) is 5.52 Å². The van der Waals surface area contributed by atoms with Crippen molar-refractivity contribution in [2.75, 3.05) is 0 Å². The summed E-state index contributed by atoms with van der Waals surface area (Å²) in [5, 5.41) is 1.09. The van der Waals surface area contributed by atoms with Crippen LogP contribution in [-0.4, -0.2) is 4.98 Å². The highest BCUT2D eigenvalue weighted by molar-refractivity contribution is 7.80. The van der Waals surface area contributed by atoms with E-state index in [-0.39, 0.29) is 0 Å². The van der Waals surface area contributed by atoms with Crippen molar-refractivity contribution < 1.29 is 0 Å². The lowest BCUT2D eigenvalue weighted by Gasteiger charge is -2.04. The van der Waals surface area contributed by atoms with E-state index in [1.54, 1.807) is 6.20 Å². The molecule has 0 aliphatic rings. The van der Waals surface area contributed by atoms with Crippen molar-refractivity contribution in [2.45, 2.75) is 4.90 Å². The summed E-state index contributed by atoms with van der Waals surface area (Å²) in [6.45, 7) is 0. The summed E-state index contributed by atoms with van der Waals surface area (Å²) in [5.41, 5.74) is 3.38. The predicted octanol–water partition coefficient (Wildman–Crippen LogP) is 4.19. The molecular formula is C15H11NS. The summed E-state index contributed by atoms with van der Waals surface area (Å²) >= 11 is 4.43. The van der Waals surface area contributed by atoms with Crippen molar-refractivity contribution >= 4 is 23.5 Å². The zero-order valence-corrected chi connectivity index (χ0v) is 10.1. The van der Waals surface area contributed by atoms with Crippen LogP contribution in [0.25, 0.3) is 22.0 Å². The number of pyridine rings is 1. The molecule has 1 nitrogen and oxygen atoms in total. The molecule has 0 fully saturated rings. The molecule has 0 aliphatic heterocycles. The molecule has 0 unspecified atom stereocenters. The molecule has 17 heavy (non-hydrogen) atoms. The van der Waals surface area contributed by atoms with Crippen LogP contribution in [0, 0.1) is 0 Å². The molecule has 0 bridgehead atoms. The van der Waals surface area contributed by atoms with Gasteiger partial charge in [0, 0.05) is 16.5 Å². The van der Waals surface area contributed by atoms with Crippen molar-refractivity contribution in [3.05, 3.63) is 60.8 Å². The third-order valence-electron chi connectivity index (χ3n) is 2.83. The van der Waals surface area contributed by atoms with Crippen LogP contribution in [0.3, 0.4) is 0 Å². The SMILES string of the molecule is Sc1ccnc2cc(-c3ccccc3)ccc12. The van der Waals surface area contributed by atoms with Gasteiger partial charge in [-0.3, -0.25) is 4.98 Å². The zero-order valence-electron chi connectivity index (χ0n) is 9.17. The van der Waals surface area contributed by atoms with E-state index in [2.05, 4.69) is 47.9 Å². The van der Waals surface area contributed by atoms with Gasteiger partial charge >= 0.3 is 0 Å². The predicted molar refractivity (Wildman–Crippen MR) is 74.4 cm³/mol. The third kappa shape index (κ3) is 1.92. The molecule has 0 saturated carbocycles. The molecule has 0 spiro atoms. The molecule has 82 valence electrons. The monoisotopic (exact) mass is 237 g/mol. The van der Waals surface area contributed by atoms with Crippen LogP contribution >= 0.6 is 12.6 Å². The van der Waals surface area contributed by atoms with Gasteiger partial charge in [-0.25, -0.2) is 0 Å². The van der Waals surface area contributed by atoms with Crippen LogP contribution in [0.1, 0.15) is 0 Å². The summed E-state index contributed by atoms with van der Waals surface area (Å²) in [7, 11) is 0. The van der Waals surface area contributed by atoms with E-state index < -0.39 is 0 Å². The van der Waals surface area contributed by atoms with Gasteiger partial charge in [0.25, 0.3) is 0 Å². The summed E-state index contributed by atoms with van der Waals surface area (Å²) < 4.78 is 0. The van der Waals surface area contributed by atoms with Crippen molar-refractivity contribution in [2.24, 2.45) is 0 Å². The Kier molecular flexibility index (Phi) is 2.57. The number of rotatable bonds is 1. The number of hydrogen-bond acceptors (Lipinski definition) is 2. The van der Waals surface area contributed by atoms with Crippen molar-refractivity contribution in [3.63, 3.8) is 0 Å². The van der Waals surface area contributed by atoms with Gasteiger partial charge in [0.15, 0.2) is 0 Å². The normalized spacial score (nSPS) is 10.6. The van der Waals surface area contributed by atoms with Crippen LogP contribution in [0.5, 0.6) is 0 Å². The van der Waals surface area contributed by atoms with Crippen LogP contribution in [0.2, 0.25) is 0 Å². The number of hydrogen-bond donors (Lipinski definition) is 1. The number of aromatic nitrogens is 1. The molecule has 0 amide bonds. The first-order valence-corrected chi connectivity index (χ1v) is 5.92. The van der Waals surface area contributed by atoms with E-state index in [4.69, 9.17) is 0 Å². The van der Waals surface area contributed by atoms with Gasteiger partial charge in [-0.1, -0.05) is 42.5 Å². The summed E-state index contributed by atoms with van der Waals surface area (Å²) in [4.78, 5) is 5.35. The van der Waals surface area contributed by atoms with E-state index in [0.717, 1.165) is 15.8 Å². The molecule has 0 N–H and O–H groups in total. The Morgan fingerprint density at radius 1 is 0.824 bits per heavy atom. The lowest BCUT2D eigenvalue weighted by molar-refractivity contribution is 1.36. The Morgan fingerprint density at radius 3 is 2.47 bits per heavy atom. The summed E-state index contributed by atoms with van der Waals surface area (Å²) in [6, 6.07) is 18.5. The lowest BCUT2D eigenvalue weighted by atomic mass is 10.0. The Hall–Kier alpha value is -1.80. The van der Waals surface area contributed by atoms with E-state index in [1.165, 1.54) is 11.1 Å². The Bertz CT molecular complexity index is 662. The molecule has 2 heteroatoms. The highest BCUT2D eigenvalue weighted by atomic mass is 32.1. The number of fused-ring (bicyclic) bond motifs is 1. The topological polar surface area (TPSA) is 12.9 Å². The minimum Gasteiger partial charge on any atom is -0.256 e. The van der Waals surface area contributed by atoms with Crippen molar-refractivity contribution in [3.8, 4) is 11.1 Å². The van der Waals surface area contributed by atoms with Crippen molar-refractivity contribution in [1.29, 1.82) is 0 Å². The second-order valence-corrected chi connectivity index (χ2v) is 4.41. The van der Waals surface area contributed by atoms with Crippen LogP contribution < -0.4 is 0 Å². The van der Waals surface area contributed by atoms with Crippen LogP contribution in [-0.2, 0) is 0 Å². The fourth-order valence-corrected chi connectivity index (χ4v) is 2.20. The average molecular weight is 237 g/mol. The summed E-state index contributed by atoms with van der Waals surface area (Å²) in [6.07, 6.45) is 1.79. The minimum absolute atomic E-state index is 0.967. The van der Waals surface area contributed by atoms with Gasteiger partial charge in [-0.05, 0) is 23.3 Å². The third-order valence-corrected chi connectivity index (χ3v) is 3.22. The molecule has 3 aromatic rings. The zero-order chi connectivity index (χ0) is 11.7. The van der Waals surface area contributed by atoms with Crippen LogP contribution in [0.4, 0.5) is 0 Å². The molecule has 2 aromatic carbocycles. The maximum absolute atomic E-state index is 4.43. The maximum Gasteiger partial charge on any atom is 0.0719 e. The Balaban J connectivity index is 2.21. The van der Waals surface area contributed by atoms with Crippen molar-refractivity contribution in [1.82, 2.24) is 4.98 Å². The number of nitrogens with zero attached hydrogens (tertiary/aromatic N) is 1. The summed E-state index contributed by atoms with van der Waals surface area (Å²) in [5.74, 6) is 0. The second kappa shape index (κ2) is 4.22. The average Bonchev–Trinajstić information content (AvgIpc) is 2.40. The standard InChI is InChI=1S/C15H11NS/c17-15-8-9-16-14-10-12(6-7-13(14)15)11-4-2-1-3-5-11/h1-10H,(H,16,17). The molecule has 1 aromatic heterocycles. The van der Waals surface area contributed by atoms with E-state index in [9.17, 15) is 0 Å². The molecule has 0 saturated heterocycles. The first-order chi connectivity index (χ1) is 8.34. The van der Waals surface area contributed by atoms with E-state index in [1.807, 2.05) is 24.3 Å². The molecule has 3 rings (SSSR count). The van der Waals surface area contributed by atoms with E-state index >= 15 is 0 Å². The number of thiol groups is 1. The van der Waals surface area contributed by atoms with Gasteiger partial charge in [0.1, 0.15) is 0 Å². The molecular weight excluding hydrogens is 226 g/mol. The highest BCUT2D eigenvalue weighted by Crippen LogP contribution is 2.26. The van der Waals surface area contributed by atoms with Gasteiger partial charge in [-0.15, -0.1) is 12.6 Å². The van der Waals surface area contributed by atoms with Crippen LogP contribution in [0.15, 0.2) is 65.7 Å². The Morgan fingerprint density at radius 2 is 1.65 bits per heavy atom. The Labute approximate surface area is 106 Å². The van der Waals surface area contributed by atoms with Gasteiger partial charge in [-0.2, -0.15) is 0 Å². The van der Waals surface area contributed by atoms with E-state index in [0.29, 0.717) is 0 Å². The molecule has 0 atom stereocenters. The first kappa shape index (κ1) is 10.4. The second-order valence-electron chi connectivity index (χ2n) is 3.93. The first-order valence-electron chi connectivity index (χ1n) is 5.48. The quantitative estimate of drug-likeness (QED) is 0.626. The maximum atomic E-state index is 4.43. The fraction of sp³-hybridized carbons (Fsp3) is 0. The largest absolute Gasteiger partial charge is 0.256 e. The highest BCUT2D eigenvalue weighted by Gasteiger charge is 2.01. The van der Waals surface area contributed by atoms with Gasteiger partial charge in [0.2, 0.25) is 0 Å². The molecule has 1 heterocycles. The molecule has 0 aliphatic carbocycles. The lowest BCUT2D eigenvalue weighted by Crippen LogP contribution is -1.82. The molecule has 0 radical (unpaired) electrons. The minimum atomic E-state index is 0.967. The fourth-order valence-electron chi connectivity index (χ4n) is 1.94. The number of benzene rings is 2. The smallest absolute Gasteiger partial charge is 0.0719 e. The van der Waals surface area contributed by atoms with Gasteiger partial charge < -0.3 is 0 Å².